The van der Waals surface area contributed by atoms with Gasteiger partial charge in [0.15, 0.2) is 0 Å². The van der Waals surface area contributed by atoms with E-state index in [1.165, 1.54) is 6.42 Å². The molecule has 2 N–H and O–H groups in total. The van der Waals surface area contributed by atoms with Gasteiger partial charge in [-0.2, -0.15) is 0 Å². The molecule has 1 aliphatic carbocycles. The van der Waals surface area contributed by atoms with Crippen LogP contribution in [-0.4, -0.2) is 23.9 Å². The van der Waals surface area contributed by atoms with Gasteiger partial charge in [0.25, 0.3) is 0 Å². The average Bonchev–Trinajstić information content (AvgIpc) is 2.46. The Hall–Kier alpha value is -1.06. The molecule has 122 valence electrons. The summed E-state index contributed by atoms with van der Waals surface area (Å²) in [6.07, 6.45) is 7.02. The summed E-state index contributed by atoms with van der Waals surface area (Å²) in [5.41, 5.74) is 0. The number of hydrogen-bond donors (Lipinski definition) is 2. The minimum Gasteiger partial charge on any atom is -0.352 e. The van der Waals surface area contributed by atoms with Gasteiger partial charge >= 0.3 is 0 Å². The Morgan fingerprint density at radius 3 is 2.19 bits per heavy atom. The van der Waals surface area contributed by atoms with E-state index in [9.17, 15) is 9.59 Å². The summed E-state index contributed by atoms with van der Waals surface area (Å²) in [7, 11) is 0. The summed E-state index contributed by atoms with van der Waals surface area (Å²) in [6.45, 7) is 8.20. The van der Waals surface area contributed by atoms with Gasteiger partial charge in [0.05, 0.1) is 0 Å². The van der Waals surface area contributed by atoms with Crippen LogP contribution in [0.1, 0.15) is 72.6 Å². The van der Waals surface area contributed by atoms with Crippen molar-refractivity contribution in [2.75, 3.05) is 0 Å². The minimum atomic E-state index is -0.395. The first-order chi connectivity index (χ1) is 9.93. The zero-order valence-corrected chi connectivity index (χ0v) is 14.1. The highest BCUT2D eigenvalue weighted by atomic mass is 16.2. The third kappa shape index (κ3) is 6.49. The third-order valence-corrected chi connectivity index (χ3v) is 4.32. The Morgan fingerprint density at radius 2 is 1.67 bits per heavy atom. The van der Waals surface area contributed by atoms with Crippen LogP contribution in [0.15, 0.2) is 0 Å². The van der Waals surface area contributed by atoms with E-state index in [-0.39, 0.29) is 23.8 Å². The predicted molar refractivity (Wildman–Crippen MR) is 85.9 cm³/mol. The average molecular weight is 296 g/mol. The Bertz CT molecular complexity index is 336. The molecule has 2 atom stereocenters. The number of hydrogen-bond acceptors (Lipinski definition) is 2. The Kier molecular flexibility index (Phi) is 7.76. The van der Waals surface area contributed by atoms with E-state index in [0.29, 0.717) is 12.3 Å². The lowest BCUT2D eigenvalue weighted by molar-refractivity contribution is -0.132. The molecule has 2 unspecified atom stereocenters. The molecule has 0 bridgehead atoms. The zero-order valence-electron chi connectivity index (χ0n) is 14.1. The second-order valence-electron chi connectivity index (χ2n) is 6.84. The maximum absolute atomic E-state index is 12.4. The summed E-state index contributed by atoms with van der Waals surface area (Å²) in [6, 6.07) is -0.243. The fourth-order valence-corrected chi connectivity index (χ4v) is 2.80. The number of carbonyl (C=O) groups is 2. The van der Waals surface area contributed by atoms with Crippen LogP contribution in [0.3, 0.4) is 0 Å². The molecule has 0 aromatic carbocycles. The highest BCUT2D eigenvalue weighted by Crippen LogP contribution is 2.24. The highest BCUT2D eigenvalue weighted by Gasteiger charge is 2.27. The number of rotatable bonds is 7. The number of carbonyl (C=O) groups excluding carboxylic acids is 2. The van der Waals surface area contributed by atoms with Crippen LogP contribution in [0.4, 0.5) is 0 Å². The molecule has 4 nitrogen and oxygen atoms in total. The molecule has 1 rings (SSSR count). The van der Waals surface area contributed by atoms with Gasteiger partial charge in [-0.15, -0.1) is 0 Å². The maximum Gasteiger partial charge on any atom is 0.242 e. The Balaban J connectivity index is 2.59. The Labute approximate surface area is 129 Å². The second kappa shape index (κ2) is 9.06. The van der Waals surface area contributed by atoms with Crippen molar-refractivity contribution < 1.29 is 9.59 Å². The number of nitrogens with one attached hydrogen (secondary N) is 2. The van der Waals surface area contributed by atoms with Gasteiger partial charge in [0.1, 0.15) is 6.04 Å². The molecule has 0 radical (unpaired) electrons. The molecule has 21 heavy (non-hydrogen) atoms. The summed E-state index contributed by atoms with van der Waals surface area (Å²) in [5, 5.41) is 5.99. The van der Waals surface area contributed by atoms with E-state index >= 15 is 0 Å². The van der Waals surface area contributed by atoms with Gasteiger partial charge in [-0.1, -0.05) is 40.0 Å². The lowest BCUT2D eigenvalue weighted by atomic mass is 9.88. The van der Waals surface area contributed by atoms with Crippen molar-refractivity contribution in [1.82, 2.24) is 10.6 Å². The molecule has 4 heteroatoms. The topological polar surface area (TPSA) is 58.2 Å². The fourth-order valence-electron chi connectivity index (χ4n) is 2.80. The van der Waals surface area contributed by atoms with Crippen molar-refractivity contribution in [3.05, 3.63) is 0 Å². The molecule has 1 saturated carbocycles. The first-order valence-corrected chi connectivity index (χ1v) is 8.54. The van der Waals surface area contributed by atoms with Crippen molar-refractivity contribution in [3.63, 3.8) is 0 Å². The quantitative estimate of drug-likeness (QED) is 0.758. The third-order valence-electron chi connectivity index (χ3n) is 4.32. The van der Waals surface area contributed by atoms with Crippen LogP contribution >= 0.6 is 0 Å². The predicted octanol–water partition coefficient (Wildman–Crippen LogP) is 3.01. The fraction of sp³-hybridized carbons (Fsp3) is 0.882. The summed E-state index contributed by atoms with van der Waals surface area (Å²) in [4.78, 5) is 24.7. The maximum atomic E-state index is 12.4. The first-order valence-electron chi connectivity index (χ1n) is 8.54. The molecule has 0 spiro atoms. The normalized spacial score (nSPS) is 19.1. The van der Waals surface area contributed by atoms with Gasteiger partial charge in [0.2, 0.25) is 11.8 Å². The molecule has 0 heterocycles. The van der Waals surface area contributed by atoms with Crippen molar-refractivity contribution in [3.8, 4) is 0 Å². The van der Waals surface area contributed by atoms with Crippen molar-refractivity contribution in [2.24, 2.45) is 11.8 Å². The molecular formula is C17H32N2O2. The van der Waals surface area contributed by atoms with E-state index in [4.69, 9.17) is 0 Å². The monoisotopic (exact) mass is 296 g/mol. The van der Waals surface area contributed by atoms with Gasteiger partial charge in [-0.3, -0.25) is 9.59 Å². The van der Waals surface area contributed by atoms with Crippen molar-refractivity contribution in [2.45, 2.75) is 84.7 Å². The smallest absolute Gasteiger partial charge is 0.242 e. The van der Waals surface area contributed by atoms with E-state index in [2.05, 4.69) is 24.5 Å². The summed E-state index contributed by atoms with van der Waals surface area (Å²) < 4.78 is 0. The van der Waals surface area contributed by atoms with Crippen LogP contribution in [-0.2, 0) is 9.59 Å². The van der Waals surface area contributed by atoms with E-state index in [1.54, 1.807) is 0 Å². The lowest BCUT2D eigenvalue weighted by Gasteiger charge is -2.26. The molecule has 0 saturated heterocycles. The van der Waals surface area contributed by atoms with Crippen LogP contribution in [0.5, 0.6) is 0 Å². The molecule has 0 aromatic heterocycles. The van der Waals surface area contributed by atoms with Crippen LogP contribution < -0.4 is 10.6 Å². The summed E-state index contributed by atoms with van der Waals surface area (Å²) >= 11 is 0. The molecular weight excluding hydrogens is 264 g/mol. The van der Waals surface area contributed by atoms with Crippen LogP contribution in [0, 0.1) is 11.8 Å². The van der Waals surface area contributed by atoms with Crippen LogP contribution in [0.25, 0.3) is 0 Å². The molecule has 0 aliphatic heterocycles. The first kappa shape index (κ1) is 18.0. The van der Waals surface area contributed by atoms with Gasteiger partial charge in [-0.05, 0) is 38.5 Å². The molecule has 1 fully saturated rings. The van der Waals surface area contributed by atoms with Crippen molar-refractivity contribution in [1.29, 1.82) is 0 Å². The number of amides is 2. The lowest BCUT2D eigenvalue weighted by Crippen LogP contribution is -2.51. The van der Waals surface area contributed by atoms with Gasteiger partial charge in [0, 0.05) is 12.0 Å². The largest absolute Gasteiger partial charge is 0.352 e. The van der Waals surface area contributed by atoms with E-state index in [0.717, 1.165) is 32.1 Å². The Morgan fingerprint density at radius 1 is 1.05 bits per heavy atom. The highest BCUT2D eigenvalue weighted by molar-refractivity contribution is 5.88. The molecule has 2 amide bonds. The minimum absolute atomic E-state index is 0.0396. The van der Waals surface area contributed by atoms with E-state index < -0.39 is 6.04 Å². The molecule has 0 aromatic rings. The van der Waals surface area contributed by atoms with Gasteiger partial charge in [-0.25, -0.2) is 0 Å². The van der Waals surface area contributed by atoms with E-state index in [1.807, 2.05) is 13.8 Å². The standard InChI is InChI=1S/C17H32N2O2/c1-5-13(4)18-17(21)15(11-12(2)3)19-16(20)14-9-7-6-8-10-14/h12-15H,5-11H2,1-4H3,(H,18,21)(H,19,20). The zero-order chi connectivity index (χ0) is 15.8. The van der Waals surface area contributed by atoms with Gasteiger partial charge < -0.3 is 10.6 Å². The summed E-state index contributed by atoms with van der Waals surface area (Å²) in [5.74, 6) is 0.510. The second-order valence-corrected chi connectivity index (χ2v) is 6.84. The van der Waals surface area contributed by atoms with Crippen LogP contribution in [0.2, 0.25) is 0 Å². The molecule has 1 aliphatic rings. The SMILES string of the molecule is CCC(C)NC(=O)C(CC(C)C)NC(=O)C1CCCCC1. The van der Waals surface area contributed by atoms with Crippen molar-refractivity contribution >= 4 is 11.8 Å².